The van der Waals surface area contributed by atoms with Crippen LogP contribution < -0.4 is 58.8 Å². The van der Waals surface area contributed by atoms with Gasteiger partial charge in [-0.25, -0.2) is 19.9 Å². The maximum absolute atomic E-state index is 13.1. The molecule has 21 rings (SSSR count). The first kappa shape index (κ1) is 107. The van der Waals surface area contributed by atoms with Gasteiger partial charge in [0.25, 0.3) is 0 Å². The Kier molecular flexibility index (Phi) is 46.9. The number of pyridine rings is 4. The van der Waals surface area contributed by atoms with Crippen molar-refractivity contribution in [2.75, 3.05) is 110 Å². The Hall–Kier alpha value is -6.08. The van der Waals surface area contributed by atoms with Crippen molar-refractivity contribution in [1.29, 1.82) is 0 Å². The van der Waals surface area contributed by atoms with Gasteiger partial charge in [-0.3, -0.25) is 34.0 Å². The van der Waals surface area contributed by atoms with Crippen molar-refractivity contribution < 1.29 is 78.9 Å². The van der Waals surface area contributed by atoms with Gasteiger partial charge in [0.2, 0.25) is 11.9 Å². The first-order valence-corrected chi connectivity index (χ1v) is 54.6. The Morgan fingerprint density at radius 1 is 0.481 bits per heavy atom. The molecule has 8 aliphatic rings. The van der Waals surface area contributed by atoms with Gasteiger partial charge < -0.3 is 49.9 Å². The summed E-state index contributed by atoms with van der Waals surface area (Å²) in [5.41, 5.74) is 21.9. The van der Waals surface area contributed by atoms with E-state index >= 15 is 0 Å². The molecular formula is C96H89BBr6ClF3I4N14NaO7. The Bertz CT molecular complexity index is 6020. The number of halogens is 14. The minimum absolute atomic E-state index is 0. The summed E-state index contributed by atoms with van der Waals surface area (Å²) in [6.45, 7) is 15.1. The second kappa shape index (κ2) is 58.1. The molecule has 0 spiro atoms. The molecule has 0 bridgehead atoms. The fourth-order valence-electron chi connectivity index (χ4n) is 14.0. The smallest absolute Gasteiger partial charge is 1.00 e. The molecule has 0 unspecified atom stereocenters. The summed E-state index contributed by atoms with van der Waals surface area (Å²) in [4.78, 5) is 42.8. The van der Waals surface area contributed by atoms with Gasteiger partial charge in [0, 0.05) is 197 Å². The second-order valence-electron chi connectivity index (χ2n) is 28.8. The van der Waals surface area contributed by atoms with Crippen molar-refractivity contribution >= 4 is 247 Å². The van der Waals surface area contributed by atoms with Gasteiger partial charge in [-0.1, -0.05) is 150 Å². The summed E-state index contributed by atoms with van der Waals surface area (Å²) in [6.07, 6.45) is 8.37. The first-order chi connectivity index (χ1) is 64.8. The maximum atomic E-state index is 13.1. The molecule has 13 heterocycles. The Morgan fingerprint density at radius 2 is 0.887 bits per heavy atom. The zero-order chi connectivity index (χ0) is 94.4. The molecule has 1 radical (unpaired) electrons. The topological polar surface area (TPSA) is 225 Å². The van der Waals surface area contributed by atoms with E-state index in [0.29, 0.717) is 20.1 Å². The molecule has 133 heavy (non-hydrogen) atoms. The van der Waals surface area contributed by atoms with Gasteiger partial charge in [-0.2, -0.15) is 13.9 Å². The molecule has 37 heteroatoms. The number of nitrogens with one attached hydrogen (secondary N) is 1. The van der Waals surface area contributed by atoms with E-state index in [9.17, 15) is 13.2 Å². The van der Waals surface area contributed by atoms with E-state index in [1.54, 1.807) is 20.3 Å². The first-order valence-electron chi connectivity index (χ1n) is 41.6. The van der Waals surface area contributed by atoms with Crippen molar-refractivity contribution in [3.05, 3.63) is 357 Å². The Balaban J connectivity index is 0.000000173. The molecule has 687 valence electrons. The predicted octanol–water partition coefficient (Wildman–Crippen LogP) is 21.0. The zero-order valence-corrected chi connectivity index (χ0v) is 93.1. The summed E-state index contributed by atoms with van der Waals surface area (Å²) in [5.74, 6) is 3.42. The van der Waals surface area contributed by atoms with Crippen LogP contribution in [0, 0.1) is 15.6 Å². The largest absolute Gasteiger partial charge is 1.00 e. The molecule has 8 aliphatic heterocycles. The molecule has 8 aromatic carbocycles. The molecule has 0 saturated carbocycles. The van der Waals surface area contributed by atoms with E-state index in [2.05, 4.69) is 341 Å². The van der Waals surface area contributed by atoms with Crippen LogP contribution in [0.1, 0.15) is 86.2 Å². The summed E-state index contributed by atoms with van der Waals surface area (Å²) < 4.78 is 82.0. The van der Waals surface area contributed by atoms with E-state index in [1.165, 1.54) is 80.0 Å². The van der Waals surface area contributed by atoms with Crippen molar-refractivity contribution in [3.63, 3.8) is 0 Å². The second-order valence-corrected chi connectivity index (χ2v) is 36.6. The molecule has 3 fully saturated rings. The number of methoxy groups -OCH3 is 2. The van der Waals surface area contributed by atoms with Crippen LogP contribution in [0.5, 0.6) is 17.2 Å². The quantitative estimate of drug-likeness (QED) is 0.0502. The van der Waals surface area contributed by atoms with Crippen molar-refractivity contribution in [2.45, 2.75) is 45.1 Å². The van der Waals surface area contributed by atoms with Crippen LogP contribution in [0.2, 0.25) is 0 Å². The number of fused-ring (bicyclic) bond motifs is 6. The summed E-state index contributed by atoms with van der Waals surface area (Å²) in [7, 11) is 2.81. The normalized spacial score (nSPS) is 14.0. The summed E-state index contributed by atoms with van der Waals surface area (Å²) in [5, 5.41) is 17.1. The SMILES string of the molecule is Brc1ccc2c(c1)CN=C2.Brc1ccc2c(c1)CN=C2I.Brc1ccc2c(c1)CN=C2c1ccnc(N2CCOCC2)c1.Brc1ccc2c(c1)CN=C2c1ccnc(N2CCOCC2)c1.C1COCCN1.COc1ccc(CCl)cc1.COc1ccc(Cn2nc(I)c3ccc(Br)cc32)cc1.Fc1cc(C2=NCc3cc(Br)ccc32)ccn1.II.O[B]Oc1ccnc(F)c1.[2H]CF.[H-].[Na+]. The number of rotatable bonds is 12. The van der Waals surface area contributed by atoms with Crippen molar-refractivity contribution in [3.8, 4) is 17.2 Å². The van der Waals surface area contributed by atoms with Crippen LogP contribution in [-0.4, -0.2) is 170 Å². The number of hydrogen-bond acceptors (Lipinski definition) is 20. The van der Waals surface area contributed by atoms with Crippen LogP contribution in [0.15, 0.2) is 283 Å². The monoisotopic (exact) mass is 2660 g/mol. The molecule has 0 amide bonds. The van der Waals surface area contributed by atoms with Crippen LogP contribution in [0.25, 0.3) is 10.9 Å². The third-order valence-corrected chi connectivity index (χ3v) is 25.4. The van der Waals surface area contributed by atoms with E-state index in [1.807, 2.05) is 102 Å². The molecule has 5 aromatic heterocycles. The van der Waals surface area contributed by atoms with Crippen LogP contribution in [0.3, 0.4) is 0 Å². The van der Waals surface area contributed by atoms with E-state index in [4.69, 9.17) is 51.7 Å². The van der Waals surface area contributed by atoms with Crippen LogP contribution in [0.4, 0.5) is 24.8 Å². The minimum Gasteiger partial charge on any atom is -1.00 e. The standard InChI is InChI=1S/2C17H16BrN3O.C15H12BrIN2O.C13H8BrFN2.C8H5BrIN.C8H6BrN.C8H9ClO.C5H4BFNO2.C4H9NO.CH3F.I2.Na.H/c2*18-14-1-2-15-13(9-14)11-20-17(15)12-3-4-19-16(10-12)21-5-7-22-8-6-21;1-20-12-5-2-10(3-6-12)9-19-14-8-11(16)4-7-13(14)15(17)18-19;14-10-1-2-11-9(5-10)7-17-13(11)8-3-4-16-12(15)6-8;9-6-1-2-7-5(3-6)4-11-8(7)10;9-8-2-1-6-4-10-5-7(6)3-8;1-10-8-4-2-7(6-9)3-5-8;7-5-3-4(10-6-9)1-2-8-5;1-3-6-4-2-5-1;2*1-2;;/h2*1-4,9-10H,5-8,11H2;2-8H,9H2,1H3;1-6H,7H2;1-3H,4H2;1-4H,5H2;2-5H,6H2,1H3;1-3,9H;5H,1-4H2;1H3;;;/q;;;;;;;;;;;+1;-1/i;;;;;;;;;1D;;;. The molecule has 21 nitrogen and oxygen atoms in total. The summed E-state index contributed by atoms with van der Waals surface area (Å²) >= 11 is 35.2. The number of hydrogen-bond donors (Lipinski definition) is 2. The zero-order valence-electron chi connectivity index (χ0n) is 74.2. The van der Waals surface area contributed by atoms with Gasteiger partial charge >= 0.3 is 37.2 Å². The van der Waals surface area contributed by atoms with Crippen molar-refractivity contribution in [1.82, 2.24) is 35.0 Å². The van der Waals surface area contributed by atoms with Gasteiger partial charge in [0.1, 0.15) is 36.3 Å². The molecule has 13 aromatic rings. The number of alkyl halides is 2. The van der Waals surface area contributed by atoms with Crippen LogP contribution >= 0.6 is 190 Å². The molecule has 0 atom stereocenters. The van der Waals surface area contributed by atoms with Gasteiger partial charge in [-0.05, 0) is 229 Å². The average molecular weight is 2670 g/mol. The third-order valence-electron chi connectivity index (χ3n) is 20.4. The Morgan fingerprint density at radius 3 is 1.33 bits per heavy atom. The number of morpholine rings is 3. The number of anilines is 2. The molecule has 3 saturated heterocycles. The van der Waals surface area contributed by atoms with Gasteiger partial charge in [0.05, 0.1) is 124 Å². The van der Waals surface area contributed by atoms with Crippen molar-refractivity contribution in [2.24, 2.45) is 25.0 Å². The van der Waals surface area contributed by atoms with E-state index in [-0.39, 0.29) is 36.7 Å². The minimum atomic E-state index is -1.00. The predicted molar refractivity (Wildman–Crippen MR) is 580 cm³/mol. The third kappa shape index (κ3) is 33.3. The van der Waals surface area contributed by atoms with E-state index in [0.717, 1.165) is 231 Å². The van der Waals surface area contributed by atoms with Gasteiger partial charge in [0.15, 0.2) is 0 Å². The fourth-order valence-corrected chi connectivity index (χ4v) is 17.9. The number of ether oxygens (including phenoxy) is 5. The number of benzene rings is 8. The maximum Gasteiger partial charge on any atom is 1.00 e. The van der Waals surface area contributed by atoms with E-state index < -0.39 is 19.0 Å². The fraction of sp³-hybridized carbons (Fsp3) is 0.229. The van der Waals surface area contributed by atoms with Crippen LogP contribution in [-0.2, 0) is 59.4 Å². The van der Waals surface area contributed by atoms with Gasteiger partial charge in [-0.15, -0.1) is 11.6 Å². The average Bonchev–Trinajstić information content (AvgIpc) is 1.66. The Labute approximate surface area is 904 Å². The summed E-state index contributed by atoms with van der Waals surface area (Å²) in [6, 6.07) is 67.3. The molecule has 2 N–H and O–H groups in total. The molecule has 0 aliphatic carbocycles. The number of aromatic nitrogens is 6. The molecular weight excluding hydrogens is 2570 g/mol. The number of nitrogens with zero attached hydrogens (tertiary/aromatic N) is 13. The number of aliphatic imine (C=N–C) groups is 5.